The van der Waals surface area contributed by atoms with Crippen LogP contribution in [0.25, 0.3) is 0 Å². The number of unbranched alkanes of at least 4 members (excludes halogenated alkanes) is 2. The standard InChI is InChI=1S/C15H25N3O2S/c1-3-4-5-10-18(2)21(19,20)15-9-6-13(12-17-15)11-16-14-7-8-14/h6,9,12,14,16H,3-5,7-8,10-11H2,1-2H3. The van der Waals surface area contributed by atoms with Crippen LogP contribution in [0.3, 0.4) is 0 Å². The van der Waals surface area contributed by atoms with Crippen molar-refractivity contribution in [2.24, 2.45) is 0 Å². The zero-order chi connectivity index (χ0) is 15.3. The smallest absolute Gasteiger partial charge is 0.260 e. The molecule has 0 saturated heterocycles. The summed E-state index contributed by atoms with van der Waals surface area (Å²) >= 11 is 0. The van der Waals surface area contributed by atoms with Gasteiger partial charge < -0.3 is 5.32 Å². The SMILES string of the molecule is CCCCCN(C)S(=O)(=O)c1ccc(CNC2CC2)cn1. The monoisotopic (exact) mass is 311 g/mol. The Morgan fingerprint density at radius 2 is 2.10 bits per heavy atom. The van der Waals surface area contributed by atoms with Crippen LogP contribution in [0, 0.1) is 0 Å². The second kappa shape index (κ2) is 7.33. The van der Waals surface area contributed by atoms with Crippen molar-refractivity contribution in [2.75, 3.05) is 13.6 Å². The minimum atomic E-state index is -3.45. The first-order valence-electron chi connectivity index (χ1n) is 7.68. The summed E-state index contributed by atoms with van der Waals surface area (Å²) in [6.45, 7) is 3.40. The van der Waals surface area contributed by atoms with E-state index in [1.165, 1.54) is 17.1 Å². The normalized spacial score (nSPS) is 15.6. The Morgan fingerprint density at radius 1 is 1.33 bits per heavy atom. The molecule has 2 rings (SSSR count). The van der Waals surface area contributed by atoms with Crippen LogP contribution in [0.1, 0.15) is 44.6 Å². The molecule has 1 aromatic heterocycles. The Morgan fingerprint density at radius 3 is 2.67 bits per heavy atom. The number of hydrogen-bond donors (Lipinski definition) is 1. The second-order valence-corrected chi connectivity index (χ2v) is 7.69. The first kappa shape index (κ1) is 16.4. The number of sulfonamides is 1. The van der Waals surface area contributed by atoms with Crippen molar-refractivity contribution >= 4 is 10.0 Å². The number of aromatic nitrogens is 1. The Labute approximate surface area is 127 Å². The quantitative estimate of drug-likeness (QED) is 0.710. The van der Waals surface area contributed by atoms with Crippen LogP contribution in [0.5, 0.6) is 0 Å². The van der Waals surface area contributed by atoms with Gasteiger partial charge in [0.1, 0.15) is 0 Å². The number of pyridine rings is 1. The third kappa shape index (κ3) is 4.76. The average molecular weight is 311 g/mol. The Bertz CT molecular complexity index is 539. The molecule has 0 aliphatic heterocycles. The van der Waals surface area contributed by atoms with E-state index in [4.69, 9.17) is 0 Å². The molecule has 1 N–H and O–H groups in total. The van der Waals surface area contributed by atoms with E-state index in [0.29, 0.717) is 12.6 Å². The molecule has 1 heterocycles. The lowest BCUT2D eigenvalue weighted by Gasteiger charge is -2.16. The van der Waals surface area contributed by atoms with E-state index >= 15 is 0 Å². The van der Waals surface area contributed by atoms with Crippen molar-refractivity contribution < 1.29 is 8.42 Å². The molecule has 0 radical (unpaired) electrons. The second-order valence-electron chi connectivity index (χ2n) is 5.69. The fraction of sp³-hybridized carbons (Fsp3) is 0.667. The molecule has 1 fully saturated rings. The molecule has 0 atom stereocenters. The predicted molar refractivity (Wildman–Crippen MR) is 83.4 cm³/mol. The number of nitrogens with zero attached hydrogens (tertiary/aromatic N) is 2. The van der Waals surface area contributed by atoms with Gasteiger partial charge in [0.15, 0.2) is 5.03 Å². The van der Waals surface area contributed by atoms with Crippen LogP contribution in [0.4, 0.5) is 0 Å². The highest BCUT2D eigenvalue weighted by Crippen LogP contribution is 2.19. The largest absolute Gasteiger partial charge is 0.310 e. The van der Waals surface area contributed by atoms with Gasteiger partial charge in [-0.25, -0.2) is 13.4 Å². The summed E-state index contributed by atoms with van der Waals surface area (Å²) in [4.78, 5) is 4.13. The molecule has 0 aromatic carbocycles. The van der Waals surface area contributed by atoms with Gasteiger partial charge in [-0.3, -0.25) is 0 Å². The molecule has 1 aliphatic rings. The summed E-state index contributed by atoms with van der Waals surface area (Å²) in [6, 6.07) is 4.09. The third-order valence-corrected chi connectivity index (χ3v) is 5.49. The van der Waals surface area contributed by atoms with Crippen molar-refractivity contribution in [3.05, 3.63) is 23.9 Å². The van der Waals surface area contributed by atoms with Gasteiger partial charge in [0.25, 0.3) is 10.0 Å². The fourth-order valence-electron chi connectivity index (χ4n) is 2.08. The number of nitrogens with one attached hydrogen (secondary N) is 1. The van der Waals surface area contributed by atoms with Gasteiger partial charge >= 0.3 is 0 Å². The van der Waals surface area contributed by atoms with E-state index in [-0.39, 0.29) is 5.03 Å². The fourth-order valence-corrected chi connectivity index (χ4v) is 3.20. The molecule has 0 spiro atoms. The van der Waals surface area contributed by atoms with E-state index in [1.54, 1.807) is 19.3 Å². The highest BCUT2D eigenvalue weighted by atomic mass is 32.2. The maximum absolute atomic E-state index is 12.4. The maximum atomic E-state index is 12.4. The minimum absolute atomic E-state index is 0.136. The lowest BCUT2D eigenvalue weighted by Crippen LogP contribution is -2.28. The summed E-state index contributed by atoms with van der Waals surface area (Å²) in [5.74, 6) is 0. The van der Waals surface area contributed by atoms with Crippen molar-refractivity contribution in [2.45, 2.75) is 56.6 Å². The van der Waals surface area contributed by atoms with Crippen LogP contribution < -0.4 is 5.32 Å². The highest BCUT2D eigenvalue weighted by molar-refractivity contribution is 7.89. The van der Waals surface area contributed by atoms with Gasteiger partial charge in [-0.05, 0) is 30.9 Å². The van der Waals surface area contributed by atoms with Crippen LogP contribution in [-0.2, 0) is 16.6 Å². The molecule has 1 aliphatic carbocycles. The van der Waals surface area contributed by atoms with Crippen molar-refractivity contribution in [1.82, 2.24) is 14.6 Å². The molecule has 21 heavy (non-hydrogen) atoms. The molecule has 1 saturated carbocycles. The van der Waals surface area contributed by atoms with Gasteiger partial charge in [-0.1, -0.05) is 25.8 Å². The van der Waals surface area contributed by atoms with E-state index < -0.39 is 10.0 Å². The molecule has 6 heteroatoms. The molecule has 5 nitrogen and oxygen atoms in total. The van der Waals surface area contributed by atoms with E-state index in [0.717, 1.165) is 31.4 Å². The van der Waals surface area contributed by atoms with Crippen molar-refractivity contribution in [3.8, 4) is 0 Å². The average Bonchev–Trinajstić information content (AvgIpc) is 3.30. The molecule has 1 aromatic rings. The first-order valence-corrected chi connectivity index (χ1v) is 9.12. The van der Waals surface area contributed by atoms with Crippen LogP contribution in [-0.4, -0.2) is 37.3 Å². The highest BCUT2D eigenvalue weighted by Gasteiger charge is 2.22. The summed E-state index contributed by atoms with van der Waals surface area (Å²) < 4.78 is 26.1. The van der Waals surface area contributed by atoms with Gasteiger partial charge in [-0.2, -0.15) is 4.31 Å². The molecular formula is C15H25N3O2S. The van der Waals surface area contributed by atoms with E-state index in [9.17, 15) is 8.42 Å². The summed E-state index contributed by atoms with van der Waals surface area (Å²) in [6.07, 6.45) is 7.14. The number of rotatable bonds is 9. The van der Waals surface area contributed by atoms with Gasteiger partial charge in [-0.15, -0.1) is 0 Å². The zero-order valence-corrected chi connectivity index (χ0v) is 13.7. The first-order chi connectivity index (χ1) is 10.0. The lowest BCUT2D eigenvalue weighted by atomic mass is 10.2. The van der Waals surface area contributed by atoms with Gasteiger partial charge in [0, 0.05) is 32.4 Å². The molecular weight excluding hydrogens is 286 g/mol. The zero-order valence-electron chi connectivity index (χ0n) is 12.9. The number of hydrogen-bond acceptors (Lipinski definition) is 4. The summed E-state index contributed by atoms with van der Waals surface area (Å²) in [7, 11) is -1.83. The maximum Gasteiger partial charge on any atom is 0.260 e. The van der Waals surface area contributed by atoms with Crippen LogP contribution in [0.15, 0.2) is 23.4 Å². The predicted octanol–water partition coefficient (Wildman–Crippen LogP) is 2.14. The minimum Gasteiger partial charge on any atom is -0.310 e. The Kier molecular flexibility index (Phi) is 5.72. The third-order valence-electron chi connectivity index (χ3n) is 3.72. The molecule has 0 amide bonds. The van der Waals surface area contributed by atoms with Crippen LogP contribution >= 0.6 is 0 Å². The van der Waals surface area contributed by atoms with E-state index in [1.807, 2.05) is 6.07 Å². The summed E-state index contributed by atoms with van der Waals surface area (Å²) in [5, 5.41) is 3.52. The van der Waals surface area contributed by atoms with E-state index in [2.05, 4.69) is 17.2 Å². The van der Waals surface area contributed by atoms with Crippen molar-refractivity contribution in [1.29, 1.82) is 0 Å². The Hall–Kier alpha value is -0.980. The topological polar surface area (TPSA) is 62.3 Å². The van der Waals surface area contributed by atoms with Gasteiger partial charge in [0.2, 0.25) is 0 Å². The van der Waals surface area contributed by atoms with Crippen molar-refractivity contribution in [3.63, 3.8) is 0 Å². The Balaban J connectivity index is 1.94. The molecule has 0 unspecified atom stereocenters. The van der Waals surface area contributed by atoms with Gasteiger partial charge in [0.05, 0.1) is 0 Å². The summed E-state index contributed by atoms with van der Waals surface area (Å²) in [5.41, 5.74) is 1.02. The van der Waals surface area contributed by atoms with Crippen LogP contribution in [0.2, 0.25) is 0 Å². The lowest BCUT2D eigenvalue weighted by molar-refractivity contribution is 0.452. The molecule has 0 bridgehead atoms. The molecule has 118 valence electrons.